The van der Waals surface area contributed by atoms with Crippen LogP contribution in [-0.2, 0) is 9.53 Å². The highest BCUT2D eigenvalue weighted by Crippen LogP contribution is 2.22. The molecule has 2 N–H and O–H groups in total. The minimum absolute atomic E-state index is 0.0720. The number of thiocarbonyl (C=S) groups is 1. The van der Waals surface area contributed by atoms with Gasteiger partial charge in [-0.25, -0.2) is 4.79 Å². The molecule has 0 radical (unpaired) electrons. The van der Waals surface area contributed by atoms with E-state index in [9.17, 15) is 9.59 Å². The Balaban J connectivity index is 2.00. The number of hydrogen-bond acceptors (Lipinski definition) is 4. The Morgan fingerprint density at radius 2 is 2.16 bits per heavy atom. The van der Waals surface area contributed by atoms with Crippen LogP contribution in [0, 0.1) is 0 Å². The van der Waals surface area contributed by atoms with Gasteiger partial charge in [-0.3, -0.25) is 4.79 Å². The van der Waals surface area contributed by atoms with Crippen molar-refractivity contribution in [1.82, 2.24) is 10.2 Å². The van der Waals surface area contributed by atoms with E-state index in [0.29, 0.717) is 23.0 Å². The molecule has 2 rings (SSSR count). The summed E-state index contributed by atoms with van der Waals surface area (Å²) in [4.78, 5) is 26.0. The number of ether oxygens (including phenoxy) is 1. The second-order valence-corrected chi connectivity index (χ2v) is 7.23. The fraction of sp³-hybridized carbons (Fsp3) is 0.500. The van der Waals surface area contributed by atoms with E-state index in [1.54, 1.807) is 31.2 Å². The zero-order chi connectivity index (χ0) is 18.6. The highest BCUT2D eigenvalue weighted by Gasteiger charge is 2.33. The Labute approximate surface area is 153 Å². The SMILES string of the molecule is CCOC(=O)c1cccc(NC(=O)CN2C(=S)NC(C)(C)C[C@H]2C)c1. The van der Waals surface area contributed by atoms with Crippen LogP contribution in [0.1, 0.15) is 44.5 Å². The molecule has 1 aromatic carbocycles. The normalized spacial score (nSPS) is 19.1. The van der Waals surface area contributed by atoms with E-state index in [1.165, 1.54) is 0 Å². The first-order chi connectivity index (χ1) is 11.7. The van der Waals surface area contributed by atoms with Crippen molar-refractivity contribution in [1.29, 1.82) is 0 Å². The van der Waals surface area contributed by atoms with Gasteiger partial charge < -0.3 is 20.3 Å². The fourth-order valence-electron chi connectivity index (χ4n) is 2.98. The second-order valence-electron chi connectivity index (χ2n) is 6.84. The van der Waals surface area contributed by atoms with Crippen LogP contribution in [0.15, 0.2) is 24.3 Å². The van der Waals surface area contributed by atoms with Crippen molar-refractivity contribution >= 4 is 34.9 Å². The molecule has 0 spiro atoms. The number of nitrogens with one attached hydrogen (secondary N) is 2. The lowest BCUT2D eigenvalue weighted by Crippen LogP contribution is -2.61. The molecule has 7 heteroatoms. The summed E-state index contributed by atoms with van der Waals surface area (Å²) in [6.45, 7) is 8.46. The third-order valence-corrected chi connectivity index (χ3v) is 4.35. The van der Waals surface area contributed by atoms with Crippen molar-refractivity contribution < 1.29 is 14.3 Å². The first kappa shape index (κ1) is 19.2. The average molecular weight is 363 g/mol. The maximum Gasteiger partial charge on any atom is 0.338 e. The van der Waals surface area contributed by atoms with Crippen molar-refractivity contribution in [2.24, 2.45) is 0 Å². The molecule has 25 heavy (non-hydrogen) atoms. The highest BCUT2D eigenvalue weighted by molar-refractivity contribution is 7.80. The molecule has 0 aliphatic carbocycles. The molecule has 1 atom stereocenters. The molecular formula is C18H25N3O3S. The van der Waals surface area contributed by atoms with E-state index in [1.807, 2.05) is 4.90 Å². The van der Waals surface area contributed by atoms with Crippen LogP contribution in [0.25, 0.3) is 0 Å². The van der Waals surface area contributed by atoms with Crippen LogP contribution in [0.2, 0.25) is 0 Å². The van der Waals surface area contributed by atoms with Gasteiger partial charge in [0.1, 0.15) is 0 Å². The summed E-state index contributed by atoms with van der Waals surface area (Å²) in [5, 5.41) is 6.65. The van der Waals surface area contributed by atoms with Gasteiger partial charge in [-0.2, -0.15) is 0 Å². The van der Waals surface area contributed by atoms with E-state index < -0.39 is 5.97 Å². The van der Waals surface area contributed by atoms with Crippen LogP contribution in [0.3, 0.4) is 0 Å². The lowest BCUT2D eigenvalue weighted by Gasteiger charge is -2.44. The Hall–Kier alpha value is -2.15. The van der Waals surface area contributed by atoms with Gasteiger partial charge >= 0.3 is 5.97 Å². The molecule has 1 heterocycles. The predicted molar refractivity (Wildman–Crippen MR) is 102 cm³/mol. The van der Waals surface area contributed by atoms with E-state index >= 15 is 0 Å². The molecule has 1 saturated heterocycles. The number of nitrogens with zero attached hydrogens (tertiary/aromatic N) is 1. The van der Waals surface area contributed by atoms with Gasteiger partial charge in [-0.1, -0.05) is 6.07 Å². The zero-order valence-electron chi connectivity index (χ0n) is 15.1. The second kappa shape index (κ2) is 7.82. The molecule has 0 bridgehead atoms. The zero-order valence-corrected chi connectivity index (χ0v) is 15.9. The molecule has 1 aliphatic heterocycles. The first-order valence-electron chi connectivity index (χ1n) is 8.37. The standard InChI is InChI=1S/C18H25N3O3S/c1-5-24-16(23)13-7-6-8-14(9-13)19-15(22)11-21-12(2)10-18(3,4)20-17(21)25/h6-9,12H,5,10-11H2,1-4H3,(H,19,22)(H,20,25)/t12-/m1/s1. The molecule has 136 valence electrons. The quantitative estimate of drug-likeness (QED) is 0.619. The summed E-state index contributed by atoms with van der Waals surface area (Å²) in [5.74, 6) is -0.590. The van der Waals surface area contributed by atoms with Gasteiger partial charge in [-0.15, -0.1) is 0 Å². The molecule has 6 nitrogen and oxygen atoms in total. The summed E-state index contributed by atoms with van der Waals surface area (Å²) in [6.07, 6.45) is 0.888. The molecular weight excluding hydrogens is 338 g/mol. The Morgan fingerprint density at radius 3 is 2.80 bits per heavy atom. The molecule has 1 amide bonds. The number of benzene rings is 1. The van der Waals surface area contributed by atoms with E-state index in [4.69, 9.17) is 17.0 Å². The molecule has 0 saturated carbocycles. The number of anilines is 1. The van der Waals surface area contributed by atoms with E-state index in [2.05, 4.69) is 31.4 Å². The van der Waals surface area contributed by atoms with Crippen LogP contribution >= 0.6 is 12.2 Å². The predicted octanol–water partition coefficient (Wildman–Crippen LogP) is 2.55. The summed E-state index contributed by atoms with van der Waals surface area (Å²) >= 11 is 5.39. The number of carbonyl (C=O) groups excluding carboxylic acids is 2. The monoisotopic (exact) mass is 363 g/mol. The van der Waals surface area contributed by atoms with Crippen molar-refractivity contribution in [3.63, 3.8) is 0 Å². The largest absolute Gasteiger partial charge is 0.462 e. The molecule has 0 aromatic heterocycles. The number of rotatable bonds is 5. The topological polar surface area (TPSA) is 70.7 Å². The van der Waals surface area contributed by atoms with Crippen molar-refractivity contribution in [3.8, 4) is 0 Å². The number of esters is 1. The molecule has 0 unspecified atom stereocenters. The Kier molecular flexibility index (Phi) is 6.00. The fourth-order valence-corrected chi connectivity index (χ4v) is 3.50. The number of amides is 1. The number of carbonyl (C=O) groups is 2. The smallest absolute Gasteiger partial charge is 0.338 e. The van der Waals surface area contributed by atoms with E-state index in [-0.39, 0.29) is 24.0 Å². The third kappa shape index (κ3) is 5.16. The van der Waals surface area contributed by atoms with Crippen LogP contribution in [-0.4, -0.2) is 46.6 Å². The Bertz CT molecular complexity index is 675. The first-order valence-corrected chi connectivity index (χ1v) is 8.78. The summed E-state index contributed by atoms with van der Waals surface area (Å²) in [5.41, 5.74) is 0.890. The van der Waals surface area contributed by atoms with Gasteiger partial charge in [0.05, 0.1) is 18.7 Å². The van der Waals surface area contributed by atoms with Gasteiger partial charge in [0.15, 0.2) is 5.11 Å². The average Bonchev–Trinajstić information content (AvgIpc) is 2.50. The summed E-state index contributed by atoms with van der Waals surface area (Å²) in [6, 6.07) is 6.87. The third-order valence-electron chi connectivity index (χ3n) is 4.02. The van der Waals surface area contributed by atoms with Crippen molar-refractivity contribution in [2.45, 2.75) is 45.7 Å². The summed E-state index contributed by atoms with van der Waals surface area (Å²) < 4.78 is 4.97. The summed E-state index contributed by atoms with van der Waals surface area (Å²) in [7, 11) is 0. The van der Waals surface area contributed by atoms with Gasteiger partial charge in [0.2, 0.25) is 5.91 Å². The maximum absolute atomic E-state index is 12.4. The number of hydrogen-bond donors (Lipinski definition) is 2. The lowest BCUT2D eigenvalue weighted by atomic mass is 9.93. The minimum atomic E-state index is -0.407. The molecule has 1 fully saturated rings. The minimum Gasteiger partial charge on any atom is -0.462 e. The van der Waals surface area contributed by atoms with Gasteiger partial charge in [-0.05, 0) is 64.5 Å². The van der Waals surface area contributed by atoms with Crippen molar-refractivity contribution in [3.05, 3.63) is 29.8 Å². The van der Waals surface area contributed by atoms with Crippen LogP contribution < -0.4 is 10.6 Å². The van der Waals surface area contributed by atoms with Crippen LogP contribution in [0.5, 0.6) is 0 Å². The molecule has 1 aliphatic rings. The van der Waals surface area contributed by atoms with Crippen LogP contribution in [0.4, 0.5) is 5.69 Å². The molecule has 1 aromatic rings. The highest BCUT2D eigenvalue weighted by atomic mass is 32.1. The van der Waals surface area contributed by atoms with Gasteiger partial charge in [0, 0.05) is 17.3 Å². The maximum atomic E-state index is 12.4. The van der Waals surface area contributed by atoms with E-state index in [0.717, 1.165) is 6.42 Å². The lowest BCUT2D eigenvalue weighted by molar-refractivity contribution is -0.117. The van der Waals surface area contributed by atoms with Gasteiger partial charge in [0.25, 0.3) is 0 Å². The van der Waals surface area contributed by atoms with Crippen molar-refractivity contribution in [2.75, 3.05) is 18.5 Å². The Morgan fingerprint density at radius 1 is 1.44 bits per heavy atom.